The highest BCUT2D eigenvalue weighted by Crippen LogP contribution is 2.32. The Kier molecular flexibility index (Phi) is 6.48. The van der Waals surface area contributed by atoms with Gasteiger partial charge in [0.2, 0.25) is 5.91 Å². The molecular formula is C27H30N2O. The molecule has 0 aromatic heterocycles. The van der Waals surface area contributed by atoms with Gasteiger partial charge in [-0.15, -0.1) is 0 Å². The van der Waals surface area contributed by atoms with Crippen LogP contribution in [0, 0.1) is 6.92 Å². The molecule has 1 aliphatic rings. The summed E-state index contributed by atoms with van der Waals surface area (Å²) in [5, 5.41) is 3.33. The van der Waals surface area contributed by atoms with Gasteiger partial charge >= 0.3 is 0 Å². The average Bonchev–Trinajstić information content (AvgIpc) is 2.80. The zero-order valence-electron chi connectivity index (χ0n) is 17.7. The monoisotopic (exact) mass is 398 g/mol. The minimum atomic E-state index is -0.165. The van der Waals surface area contributed by atoms with E-state index < -0.39 is 0 Å². The highest BCUT2D eigenvalue weighted by molar-refractivity contribution is 5.80. The van der Waals surface area contributed by atoms with Crippen molar-refractivity contribution in [2.24, 2.45) is 0 Å². The first-order valence-electron chi connectivity index (χ1n) is 10.9. The minimum Gasteiger partial charge on any atom is -0.371 e. The van der Waals surface area contributed by atoms with Gasteiger partial charge in [0.05, 0.1) is 12.5 Å². The third-order valence-electron chi connectivity index (χ3n) is 5.87. The first-order chi connectivity index (χ1) is 14.7. The van der Waals surface area contributed by atoms with Crippen molar-refractivity contribution in [2.45, 2.75) is 38.6 Å². The van der Waals surface area contributed by atoms with Gasteiger partial charge in [-0.3, -0.25) is 4.79 Å². The molecule has 154 valence electrons. The summed E-state index contributed by atoms with van der Waals surface area (Å²) in [6.07, 6.45) is 4.14. The standard InChI is InChI=1S/C27H30N2O/c1-21-14-16-22(17-15-21)20-26(30)28-27(23-10-4-2-5-11-23)24-12-6-7-13-25(24)29-18-8-3-9-19-29/h2,4-7,10-17,27H,3,8-9,18-20H2,1H3,(H,28,30). The van der Waals surface area contributed by atoms with Gasteiger partial charge in [-0.05, 0) is 43.4 Å². The lowest BCUT2D eigenvalue weighted by Gasteiger charge is -2.33. The molecule has 1 N–H and O–H groups in total. The average molecular weight is 399 g/mol. The second-order valence-corrected chi connectivity index (χ2v) is 8.18. The number of nitrogens with zero attached hydrogens (tertiary/aromatic N) is 1. The topological polar surface area (TPSA) is 32.3 Å². The number of para-hydroxylation sites is 1. The third-order valence-corrected chi connectivity index (χ3v) is 5.87. The van der Waals surface area contributed by atoms with E-state index >= 15 is 0 Å². The lowest BCUT2D eigenvalue weighted by Crippen LogP contribution is -2.34. The Balaban J connectivity index is 1.63. The Morgan fingerprint density at radius 2 is 1.53 bits per heavy atom. The van der Waals surface area contributed by atoms with Crippen LogP contribution in [-0.2, 0) is 11.2 Å². The van der Waals surface area contributed by atoms with Crippen LogP contribution in [-0.4, -0.2) is 19.0 Å². The molecule has 3 aromatic carbocycles. The highest BCUT2D eigenvalue weighted by Gasteiger charge is 2.23. The van der Waals surface area contributed by atoms with Crippen molar-refractivity contribution in [1.82, 2.24) is 5.32 Å². The fourth-order valence-electron chi connectivity index (χ4n) is 4.24. The van der Waals surface area contributed by atoms with Crippen molar-refractivity contribution in [1.29, 1.82) is 0 Å². The lowest BCUT2D eigenvalue weighted by molar-refractivity contribution is -0.120. The van der Waals surface area contributed by atoms with Crippen molar-refractivity contribution in [3.05, 3.63) is 101 Å². The van der Waals surface area contributed by atoms with Gasteiger partial charge in [-0.2, -0.15) is 0 Å². The molecule has 0 spiro atoms. The fourth-order valence-corrected chi connectivity index (χ4v) is 4.24. The zero-order chi connectivity index (χ0) is 20.8. The zero-order valence-corrected chi connectivity index (χ0v) is 17.7. The summed E-state index contributed by atoms with van der Waals surface area (Å²) in [6.45, 7) is 4.22. The molecule has 1 saturated heterocycles. The van der Waals surface area contributed by atoms with Gasteiger partial charge in [-0.25, -0.2) is 0 Å². The van der Waals surface area contributed by atoms with Crippen LogP contribution in [0.5, 0.6) is 0 Å². The summed E-state index contributed by atoms with van der Waals surface area (Å²) in [5.74, 6) is 0.0427. The van der Waals surface area contributed by atoms with Gasteiger partial charge in [0, 0.05) is 24.3 Å². The summed E-state index contributed by atoms with van der Waals surface area (Å²) >= 11 is 0. The summed E-state index contributed by atoms with van der Waals surface area (Å²) < 4.78 is 0. The fraction of sp³-hybridized carbons (Fsp3) is 0.296. The van der Waals surface area contributed by atoms with E-state index in [4.69, 9.17) is 0 Å². The van der Waals surface area contributed by atoms with E-state index in [9.17, 15) is 4.79 Å². The van der Waals surface area contributed by atoms with Gasteiger partial charge in [0.1, 0.15) is 0 Å². The van der Waals surface area contributed by atoms with Gasteiger partial charge < -0.3 is 10.2 Å². The Bertz CT molecular complexity index is 960. The van der Waals surface area contributed by atoms with Crippen molar-refractivity contribution < 1.29 is 4.79 Å². The van der Waals surface area contributed by atoms with Gasteiger partial charge in [0.15, 0.2) is 0 Å². The van der Waals surface area contributed by atoms with Crippen molar-refractivity contribution in [3.63, 3.8) is 0 Å². The lowest BCUT2D eigenvalue weighted by atomic mass is 9.95. The summed E-state index contributed by atoms with van der Waals surface area (Å²) in [5.41, 5.74) is 5.76. The van der Waals surface area contributed by atoms with Crippen molar-refractivity contribution >= 4 is 11.6 Å². The van der Waals surface area contributed by atoms with E-state index in [0.29, 0.717) is 6.42 Å². The predicted octanol–water partition coefficient (Wildman–Crippen LogP) is 5.43. The van der Waals surface area contributed by atoms with Gasteiger partial charge in [-0.1, -0.05) is 78.4 Å². The minimum absolute atomic E-state index is 0.0427. The number of piperidine rings is 1. The van der Waals surface area contributed by atoms with Crippen LogP contribution in [0.4, 0.5) is 5.69 Å². The number of anilines is 1. The Hall–Kier alpha value is -3.07. The van der Waals surface area contributed by atoms with E-state index in [-0.39, 0.29) is 11.9 Å². The van der Waals surface area contributed by atoms with Crippen LogP contribution in [0.15, 0.2) is 78.9 Å². The second kappa shape index (κ2) is 9.62. The van der Waals surface area contributed by atoms with E-state index in [1.807, 2.05) is 30.3 Å². The summed E-state index contributed by atoms with van der Waals surface area (Å²) in [7, 11) is 0. The molecule has 4 rings (SSSR count). The number of carbonyl (C=O) groups is 1. The molecule has 1 atom stereocenters. The molecule has 1 amide bonds. The normalized spacial score (nSPS) is 14.9. The molecule has 0 radical (unpaired) electrons. The largest absolute Gasteiger partial charge is 0.371 e. The predicted molar refractivity (Wildman–Crippen MR) is 124 cm³/mol. The van der Waals surface area contributed by atoms with E-state index in [1.54, 1.807) is 0 Å². The van der Waals surface area contributed by atoms with Crippen LogP contribution in [0.2, 0.25) is 0 Å². The van der Waals surface area contributed by atoms with Crippen molar-refractivity contribution in [3.8, 4) is 0 Å². The van der Waals surface area contributed by atoms with Gasteiger partial charge in [0.25, 0.3) is 0 Å². The summed E-state index contributed by atoms with van der Waals surface area (Å²) in [6, 6.07) is 26.9. The molecule has 1 fully saturated rings. The van der Waals surface area contributed by atoms with E-state index in [0.717, 1.165) is 24.2 Å². The van der Waals surface area contributed by atoms with E-state index in [1.165, 1.54) is 36.1 Å². The Morgan fingerprint density at radius 1 is 0.867 bits per heavy atom. The number of benzene rings is 3. The maximum atomic E-state index is 13.0. The number of hydrogen-bond donors (Lipinski definition) is 1. The highest BCUT2D eigenvalue weighted by atomic mass is 16.1. The Labute approximate surface area is 179 Å². The molecule has 0 bridgehead atoms. The SMILES string of the molecule is Cc1ccc(CC(=O)NC(c2ccccc2)c2ccccc2N2CCCCC2)cc1. The Morgan fingerprint density at radius 3 is 2.27 bits per heavy atom. The molecule has 0 aliphatic carbocycles. The first kappa shape index (κ1) is 20.2. The molecule has 1 unspecified atom stereocenters. The molecule has 3 aromatic rings. The number of nitrogens with one attached hydrogen (secondary N) is 1. The van der Waals surface area contributed by atoms with Crippen molar-refractivity contribution in [2.75, 3.05) is 18.0 Å². The van der Waals surface area contributed by atoms with Crippen LogP contribution >= 0.6 is 0 Å². The molecule has 30 heavy (non-hydrogen) atoms. The number of hydrogen-bond acceptors (Lipinski definition) is 2. The number of rotatable bonds is 6. The third kappa shape index (κ3) is 4.91. The quantitative estimate of drug-likeness (QED) is 0.600. The van der Waals surface area contributed by atoms with Crippen LogP contribution in [0.3, 0.4) is 0 Å². The maximum absolute atomic E-state index is 13.0. The van der Waals surface area contributed by atoms with Crippen LogP contribution < -0.4 is 10.2 Å². The molecule has 1 heterocycles. The van der Waals surface area contributed by atoms with E-state index in [2.05, 4.69) is 65.7 Å². The molecule has 1 aliphatic heterocycles. The number of carbonyl (C=O) groups excluding carboxylic acids is 1. The molecule has 0 saturated carbocycles. The molecule has 3 nitrogen and oxygen atoms in total. The molecule has 3 heteroatoms. The molecular weight excluding hydrogens is 368 g/mol. The number of aryl methyl sites for hydroxylation is 1. The first-order valence-corrected chi connectivity index (χ1v) is 10.9. The smallest absolute Gasteiger partial charge is 0.225 e. The maximum Gasteiger partial charge on any atom is 0.225 e. The van der Waals surface area contributed by atoms with Crippen LogP contribution in [0.1, 0.15) is 47.6 Å². The number of amides is 1. The van der Waals surface area contributed by atoms with Crippen LogP contribution in [0.25, 0.3) is 0 Å². The second-order valence-electron chi connectivity index (χ2n) is 8.18. The summed E-state index contributed by atoms with van der Waals surface area (Å²) in [4.78, 5) is 15.5.